The van der Waals surface area contributed by atoms with Crippen LogP contribution in [0.4, 0.5) is 0 Å². The summed E-state index contributed by atoms with van der Waals surface area (Å²) < 4.78 is 4.35. The Morgan fingerprint density at radius 1 is 1.27 bits per heavy atom. The van der Waals surface area contributed by atoms with Crippen LogP contribution < -0.4 is 5.73 Å². The number of esters is 1. The van der Waals surface area contributed by atoms with E-state index < -0.39 is 0 Å². The van der Waals surface area contributed by atoms with E-state index in [4.69, 9.17) is 11.0 Å². The minimum Gasteiger partial charge on any atom is -0.351 e. The topological polar surface area (TPSA) is 76.1 Å². The lowest BCUT2D eigenvalue weighted by atomic mass is 9.56. The highest BCUT2D eigenvalue weighted by Crippen LogP contribution is 2.53. The van der Waals surface area contributed by atoms with Crippen molar-refractivity contribution in [2.45, 2.75) is 50.5 Å². The first-order valence-electron chi connectivity index (χ1n) is 5.45. The molecule has 0 aliphatic heterocycles. The Bertz CT molecular complexity index is 295. The molecule has 2 N–H and O–H groups in total. The average Bonchev–Trinajstić information content (AvgIpc) is 2.21. The molecule has 0 saturated heterocycles. The molecule has 4 heteroatoms. The highest BCUT2D eigenvalue weighted by molar-refractivity contribution is 5.71. The van der Waals surface area contributed by atoms with E-state index in [0.717, 1.165) is 38.5 Å². The Kier molecular flexibility index (Phi) is 2.43. The van der Waals surface area contributed by atoms with Gasteiger partial charge in [0, 0.05) is 5.54 Å². The largest absolute Gasteiger partial charge is 0.351 e. The summed E-state index contributed by atoms with van der Waals surface area (Å²) in [6.07, 6.45) is 7.86. The Morgan fingerprint density at radius 3 is 2.27 bits per heavy atom. The van der Waals surface area contributed by atoms with Crippen molar-refractivity contribution in [3.8, 4) is 6.26 Å². The first-order valence-corrected chi connectivity index (χ1v) is 5.45. The molecule has 2 bridgehead atoms. The van der Waals surface area contributed by atoms with Gasteiger partial charge in [-0.05, 0) is 43.9 Å². The summed E-state index contributed by atoms with van der Waals surface area (Å²) in [7, 11) is 0. The molecule has 3 aliphatic carbocycles. The lowest BCUT2D eigenvalue weighted by molar-refractivity contribution is -0.142. The van der Waals surface area contributed by atoms with Gasteiger partial charge >= 0.3 is 5.97 Å². The molecule has 0 radical (unpaired) electrons. The third kappa shape index (κ3) is 1.98. The van der Waals surface area contributed by atoms with Gasteiger partial charge in [-0.25, -0.2) is 0 Å². The number of hydrogen-bond donors (Lipinski definition) is 1. The van der Waals surface area contributed by atoms with Crippen LogP contribution in [-0.2, 0) is 9.53 Å². The summed E-state index contributed by atoms with van der Waals surface area (Å²) in [5.74, 6) is -0.385. The van der Waals surface area contributed by atoms with Crippen LogP contribution in [0.3, 0.4) is 0 Å². The number of nitrogens with two attached hydrogens (primary N) is 1. The van der Waals surface area contributed by atoms with Crippen molar-refractivity contribution >= 4 is 5.97 Å². The predicted molar refractivity (Wildman–Crippen MR) is 53.4 cm³/mol. The number of nitrogens with zero attached hydrogens (tertiary/aromatic N) is 1. The molecule has 3 fully saturated rings. The van der Waals surface area contributed by atoms with Gasteiger partial charge in [0.15, 0.2) is 0 Å². The van der Waals surface area contributed by atoms with Crippen molar-refractivity contribution in [3.63, 3.8) is 0 Å². The van der Waals surface area contributed by atoms with Crippen molar-refractivity contribution in [3.05, 3.63) is 0 Å². The Labute approximate surface area is 89.4 Å². The van der Waals surface area contributed by atoms with Gasteiger partial charge in [-0.2, -0.15) is 0 Å². The maximum absolute atomic E-state index is 11.3. The fourth-order valence-electron chi connectivity index (χ4n) is 2.95. The van der Waals surface area contributed by atoms with Crippen molar-refractivity contribution in [2.75, 3.05) is 0 Å². The summed E-state index contributed by atoms with van der Waals surface area (Å²) in [5, 5.41) is 8.26. The highest BCUT2D eigenvalue weighted by Gasteiger charge is 2.47. The maximum atomic E-state index is 11.3. The minimum absolute atomic E-state index is 0.0287. The number of fused-ring (bicyclic) bond motifs is 3. The summed E-state index contributed by atoms with van der Waals surface area (Å²) in [6, 6.07) is 0. The standard InChI is InChI=1S/C11H16N2O2/c12-8-15-9(14)7-10-1-4-11(13,5-2-10)6-3-10/h1-7,13H2. The van der Waals surface area contributed by atoms with Crippen LogP contribution in [0.25, 0.3) is 0 Å². The minimum atomic E-state index is -0.385. The molecule has 3 rings (SSSR count). The molecule has 0 spiro atoms. The fraction of sp³-hybridized carbons (Fsp3) is 0.818. The number of ether oxygens (including phenoxy) is 1. The van der Waals surface area contributed by atoms with Gasteiger partial charge in [0.05, 0.1) is 6.42 Å². The Hall–Kier alpha value is -1.08. The van der Waals surface area contributed by atoms with E-state index in [1.165, 1.54) is 6.26 Å². The van der Waals surface area contributed by atoms with Crippen LogP contribution in [0.1, 0.15) is 44.9 Å². The lowest BCUT2D eigenvalue weighted by Gasteiger charge is -2.51. The number of carbonyl (C=O) groups excluding carboxylic acids is 1. The van der Waals surface area contributed by atoms with Gasteiger partial charge in [0.25, 0.3) is 6.26 Å². The van der Waals surface area contributed by atoms with E-state index in [2.05, 4.69) is 4.74 Å². The second-order valence-electron chi connectivity index (χ2n) is 5.10. The SMILES string of the molecule is N#COC(=O)CC12CCC(N)(CC1)CC2. The molecule has 0 heterocycles. The molecule has 4 nitrogen and oxygen atoms in total. The quantitative estimate of drug-likeness (QED) is 0.550. The van der Waals surface area contributed by atoms with Crippen molar-refractivity contribution in [1.82, 2.24) is 0 Å². The van der Waals surface area contributed by atoms with E-state index in [-0.39, 0.29) is 16.9 Å². The second-order valence-corrected chi connectivity index (χ2v) is 5.10. The number of hydrogen-bond acceptors (Lipinski definition) is 4. The average molecular weight is 208 g/mol. The highest BCUT2D eigenvalue weighted by atomic mass is 16.5. The molecule has 0 unspecified atom stereocenters. The van der Waals surface area contributed by atoms with E-state index in [0.29, 0.717) is 6.42 Å². The van der Waals surface area contributed by atoms with Crippen molar-refractivity contribution in [1.29, 1.82) is 5.26 Å². The molecule has 82 valence electrons. The third-order valence-electron chi connectivity index (χ3n) is 4.14. The second kappa shape index (κ2) is 3.49. The zero-order valence-corrected chi connectivity index (χ0v) is 8.79. The van der Waals surface area contributed by atoms with Gasteiger partial charge in [-0.15, -0.1) is 5.26 Å². The lowest BCUT2D eigenvalue weighted by Crippen LogP contribution is -2.52. The van der Waals surface area contributed by atoms with E-state index in [1.54, 1.807) is 0 Å². The maximum Gasteiger partial charge on any atom is 0.322 e. The third-order valence-corrected chi connectivity index (χ3v) is 4.14. The molecule has 0 aromatic carbocycles. The number of rotatable bonds is 2. The van der Waals surface area contributed by atoms with Crippen LogP contribution in [0.5, 0.6) is 0 Å². The van der Waals surface area contributed by atoms with Gasteiger partial charge < -0.3 is 10.5 Å². The summed E-state index contributed by atoms with van der Waals surface area (Å²) in [5.41, 5.74) is 6.28. The fourth-order valence-corrected chi connectivity index (χ4v) is 2.95. The van der Waals surface area contributed by atoms with Gasteiger partial charge in [-0.1, -0.05) is 0 Å². The summed E-state index contributed by atoms with van der Waals surface area (Å²) >= 11 is 0. The first-order chi connectivity index (χ1) is 7.08. The summed E-state index contributed by atoms with van der Waals surface area (Å²) in [4.78, 5) is 11.3. The van der Waals surface area contributed by atoms with Gasteiger partial charge in [0.2, 0.25) is 0 Å². The molecular formula is C11H16N2O2. The monoisotopic (exact) mass is 208 g/mol. The number of carbonyl (C=O) groups is 1. The number of nitriles is 1. The Balaban J connectivity index is 1.98. The van der Waals surface area contributed by atoms with Gasteiger partial charge in [0.1, 0.15) is 0 Å². The normalized spacial score (nSPS) is 38.4. The molecule has 0 atom stereocenters. The molecular weight excluding hydrogens is 192 g/mol. The van der Waals surface area contributed by atoms with Crippen molar-refractivity contribution < 1.29 is 9.53 Å². The van der Waals surface area contributed by atoms with Gasteiger partial charge in [-0.3, -0.25) is 4.79 Å². The van der Waals surface area contributed by atoms with Crippen LogP contribution in [-0.4, -0.2) is 11.5 Å². The van der Waals surface area contributed by atoms with Crippen LogP contribution >= 0.6 is 0 Å². The zero-order valence-electron chi connectivity index (χ0n) is 8.79. The van der Waals surface area contributed by atoms with Crippen molar-refractivity contribution in [2.24, 2.45) is 11.1 Å². The molecule has 3 saturated carbocycles. The Morgan fingerprint density at radius 2 is 1.80 bits per heavy atom. The molecule has 0 amide bonds. The van der Waals surface area contributed by atoms with E-state index >= 15 is 0 Å². The first kappa shape index (κ1) is 10.4. The molecule has 3 aliphatic rings. The predicted octanol–water partition coefficient (Wildman–Crippen LogP) is 1.45. The molecule has 15 heavy (non-hydrogen) atoms. The zero-order chi connectivity index (χ0) is 10.9. The van der Waals surface area contributed by atoms with Crippen LogP contribution in [0.2, 0.25) is 0 Å². The van der Waals surface area contributed by atoms with Crippen LogP contribution in [0, 0.1) is 16.9 Å². The summed E-state index contributed by atoms with van der Waals surface area (Å²) in [6.45, 7) is 0. The molecule has 0 aromatic heterocycles. The van der Waals surface area contributed by atoms with E-state index in [9.17, 15) is 4.79 Å². The smallest absolute Gasteiger partial charge is 0.322 e. The molecule has 0 aromatic rings. The van der Waals surface area contributed by atoms with E-state index in [1.807, 2.05) is 0 Å². The van der Waals surface area contributed by atoms with Crippen LogP contribution in [0.15, 0.2) is 0 Å².